The Bertz CT molecular complexity index is 1390. The quantitative estimate of drug-likeness (QED) is 0.346. The van der Waals surface area contributed by atoms with Crippen molar-refractivity contribution in [1.82, 2.24) is 15.3 Å². The van der Waals surface area contributed by atoms with Crippen molar-refractivity contribution in [3.8, 4) is 5.88 Å². The van der Waals surface area contributed by atoms with E-state index in [1.165, 1.54) is 0 Å². The van der Waals surface area contributed by atoms with E-state index < -0.39 is 6.04 Å². The lowest BCUT2D eigenvalue weighted by molar-refractivity contribution is -0.127. The first-order valence-corrected chi connectivity index (χ1v) is 12.5. The topological polar surface area (TPSA) is 87.3 Å². The van der Waals surface area contributed by atoms with Crippen molar-refractivity contribution in [3.63, 3.8) is 0 Å². The number of nitrogens with zero attached hydrogens (tertiary/aromatic N) is 2. The first-order chi connectivity index (χ1) is 17.8. The number of hydrogen-bond donors (Lipinski definition) is 2. The molecule has 0 unspecified atom stereocenters. The molecule has 0 aliphatic heterocycles. The molecule has 0 fully saturated rings. The number of rotatable bonds is 9. The zero-order chi connectivity index (χ0) is 26.5. The molecule has 4 aromatic rings. The molecule has 1 atom stereocenters. The molecular weight excluding hydrogens is 464 g/mol. The van der Waals surface area contributed by atoms with Crippen LogP contribution in [0.25, 0.3) is 10.9 Å². The van der Waals surface area contributed by atoms with Crippen LogP contribution in [0.15, 0.2) is 60.8 Å². The van der Waals surface area contributed by atoms with Gasteiger partial charge in [-0.05, 0) is 56.0 Å². The van der Waals surface area contributed by atoms with E-state index in [4.69, 9.17) is 4.74 Å². The monoisotopic (exact) mass is 498 g/mol. The summed E-state index contributed by atoms with van der Waals surface area (Å²) in [6.45, 7) is 8.45. The third-order valence-corrected chi connectivity index (χ3v) is 6.77. The number of hydrogen-bond acceptors (Lipinski definition) is 4. The molecule has 0 aliphatic carbocycles. The molecule has 0 bridgehead atoms. The molecule has 0 radical (unpaired) electrons. The minimum atomic E-state index is -0.731. The molecule has 0 saturated heterocycles. The number of anilines is 1. The molecule has 7 nitrogen and oxygen atoms in total. The maximum atomic E-state index is 13.8. The van der Waals surface area contributed by atoms with Crippen molar-refractivity contribution in [1.29, 1.82) is 0 Å². The van der Waals surface area contributed by atoms with Crippen molar-refractivity contribution in [2.24, 2.45) is 0 Å². The fourth-order valence-corrected chi connectivity index (χ4v) is 4.79. The average Bonchev–Trinajstić information content (AvgIpc) is 3.24. The lowest BCUT2D eigenvalue weighted by Crippen LogP contribution is -2.50. The molecule has 2 heterocycles. The SMILES string of the molecule is CCN(C(=O)[C@H](Cc1ccccc1)NC(=O)Cc1c(C)[nH]c2c(C)ccc(C)c12)c1ccc(OC)nc1. The molecule has 192 valence electrons. The van der Waals surface area contributed by atoms with Gasteiger partial charge in [-0.3, -0.25) is 9.59 Å². The van der Waals surface area contributed by atoms with Gasteiger partial charge in [-0.2, -0.15) is 0 Å². The van der Waals surface area contributed by atoms with Crippen LogP contribution in [-0.4, -0.2) is 41.5 Å². The van der Waals surface area contributed by atoms with Gasteiger partial charge in [0.05, 0.1) is 25.4 Å². The van der Waals surface area contributed by atoms with E-state index in [1.807, 2.05) is 44.2 Å². The summed E-state index contributed by atoms with van der Waals surface area (Å²) in [5, 5.41) is 4.13. The van der Waals surface area contributed by atoms with Gasteiger partial charge in [0.2, 0.25) is 17.7 Å². The van der Waals surface area contributed by atoms with E-state index >= 15 is 0 Å². The molecule has 4 rings (SSSR count). The van der Waals surface area contributed by atoms with Gasteiger partial charge in [-0.15, -0.1) is 0 Å². The smallest absolute Gasteiger partial charge is 0.249 e. The Balaban J connectivity index is 1.61. The molecule has 2 aromatic heterocycles. The van der Waals surface area contributed by atoms with Gasteiger partial charge in [0.25, 0.3) is 0 Å². The van der Waals surface area contributed by atoms with Gasteiger partial charge in [0.1, 0.15) is 6.04 Å². The van der Waals surface area contributed by atoms with Gasteiger partial charge < -0.3 is 19.9 Å². The van der Waals surface area contributed by atoms with E-state index in [0.717, 1.165) is 38.9 Å². The van der Waals surface area contributed by atoms with Crippen LogP contribution in [0.2, 0.25) is 0 Å². The fourth-order valence-electron chi connectivity index (χ4n) is 4.79. The van der Waals surface area contributed by atoms with Crippen LogP contribution in [0.4, 0.5) is 5.69 Å². The second-order valence-corrected chi connectivity index (χ2v) is 9.31. The molecule has 2 amide bonds. The second-order valence-electron chi connectivity index (χ2n) is 9.31. The molecule has 2 N–H and O–H groups in total. The summed E-state index contributed by atoms with van der Waals surface area (Å²) in [4.78, 5) is 36.5. The highest BCUT2D eigenvalue weighted by Crippen LogP contribution is 2.28. The summed E-state index contributed by atoms with van der Waals surface area (Å²) in [5.41, 5.74) is 6.87. The Kier molecular flexibility index (Phi) is 7.92. The molecule has 0 spiro atoms. The Morgan fingerprint density at radius 1 is 1.03 bits per heavy atom. The van der Waals surface area contributed by atoms with Crippen molar-refractivity contribution >= 4 is 28.4 Å². The van der Waals surface area contributed by atoms with Crippen LogP contribution in [0.1, 0.15) is 34.9 Å². The number of carbonyl (C=O) groups excluding carboxylic acids is 2. The minimum Gasteiger partial charge on any atom is -0.481 e. The van der Waals surface area contributed by atoms with E-state index in [-0.39, 0.29) is 18.2 Å². The number of carbonyl (C=O) groups is 2. The van der Waals surface area contributed by atoms with Crippen molar-refractivity contribution < 1.29 is 14.3 Å². The summed E-state index contributed by atoms with van der Waals surface area (Å²) in [6, 6.07) is 16.7. The van der Waals surface area contributed by atoms with E-state index in [1.54, 1.807) is 30.3 Å². The maximum absolute atomic E-state index is 13.8. The highest BCUT2D eigenvalue weighted by atomic mass is 16.5. The van der Waals surface area contributed by atoms with Crippen LogP contribution < -0.4 is 15.0 Å². The van der Waals surface area contributed by atoms with Gasteiger partial charge in [0.15, 0.2) is 0 Å². The molecule has 0 saturated carbocycles. The van der Waals surface area contributed by atoms with Crippen LogP contribution in [0.5, 0.6) is 5.88 Å². The van der Waals surface area contributed by atoms with E-state index in [9.17, 15) is 9.59 Å². The van der Waals surface area contributed by atoms with Gasteiger partial charge in [0, 0.05) is 35.6 Å². The highest BCUT2D eigenvalue weighted by Gasteiger charge is 2.27. The van der Waals surface area contributed by atoms with Crippen molar-refractivity contribution in [2.75, 3.05) is 18.6 Å². The van der Waals surface area contributed by atoms with E-state index in [0.29, 0.717) is 24.5 Å². The van der Waals surface area contributed by atoms with E-state index in [2.05, 4.69) is 41.3 Å². The normalized spacial score (nSPS) is 11.8. The first-order valence-electron chi connectivity index (χ1n) is 12.5. The number of likely N-dealkylation sites (N-methyl/N-ethyl adjacent to an activating group) is 1. The lowest BCUT2D eigenvalue weighted by Gasteiger charge is -2.27. The molecule has 0 aliphatic rings. The fraction of sp³-hybridized carbons (Fsp3) is 0.300. The summed E-state index contributed by atoms with van der Waals surface area (Å²) in [6.07, 6.45) is 2.18. The van der Waals surface area contributed by atoms with Gasteiger partial charge in [-0.1, -0.05) is 42.5 Å². The minimum absolute atomic E-state index is 0.185. The molecular formula is C30H34N4O3. The number of methoxy groups -OCH3 is 1. The average molecular weight is 499 g/mol. The molecule has 37 heavy (non-hydrogen) atoms. The number of aryl methyl sites for hydroxylation is 3. The van der Waals surface area contributed by atoms with Crippen LogP contribution in [0.3, 0.4) is 0 Å². The van der Waals surface area contributed by atoms with Crippen molar-refractivity contribution in [3.05, 3.63) is 88.7 Å². The number of fused-ring (bicyclic) bond motifs is 1. The largest absolute Gasteiger partial charge is 0.481 e. The predicted octanol–water partition coefficient (Wildman–Crippen LogP) is 4.82. The number of amides is 2. The van der Waals surface area contributed by atoms with Crippen LogP contribution >= 0.6 is 0 Å². The Morgan fingerprint density at radius 3 is 2.41 bits per heavy atom. The second kappa shape index (κ2) is 11.3. The number of nitrogens with one attached hydrogen (secondary N) is 2. The van der Waals surface area contributed by atoms with Crippen molar-refractivity contribution in [2.45, 2.75) is 46.6 Å². The third-order valence-electron chi connectivity index (χ3n) is 6.77. The number of pyridine rings is 1. The maximum Gasteiger partial charge on any atom is 0.249 e. The first kappa shape index (κ1) is 25.9. The summed E-state index contributed by atoms with van der Waals surface area (Å²) in [7, 11) is 1.55. The summed E-state index contributed by atoms with van der Waals surface area (Å²) < 4.78 is 5.15. The van der Waals surface area contributed by atoms with Gasteiger partial charge in [-0.25, -0.2) is 4.98 Å². The number of ether oxygens (including phenoxy) is 1. The number of aromatic nitrogens is 2. The third kappa shape index (κ3) is 5.66. The van der Waals surface area contributed by atoms with Crippen LogP contribution in [0, 0.1) is 20.8 Å². The lowest BCUT2D eigenvalue weighted by atomic mass is 10.00. The molecule has 7 heteroatoms. The Morgan fingerprint density at radius 2 is 1.76 bits per heavy atom. The summed E-state index contributed by atoms with van der Waals surface area (Å²) in [5.74, 6) is 0.0958. The number of benzene rings is 2. The van der Waals surface area contributed by atoms with Gasteiger partial charge >= 0.3 is 0 Å². The van der Waals surface area contributed by atoms with Crippen LogP contribution in [-0.2, 0) is 22.4 Å². The summed E-state index contributed by atoms with van der Waals surface area (Å²) >= 11 is 0. The Labute approximate surface area is 217 Å². The zero-order valence-electron chi connectivity index (χ0n) is 22.1. The highest BCUT2D eigenvalue weighted by molar-refractivity contribution is 6.00. The standard InChI is InChI=1S/C30H34N4O3/c1-6-34(23-14-15-27(37-5)31-18-23)30(36)25(16-22-10-8-7-9-11-22)33-26(35)17-24-21(4)32-29-20(3)13-12-19(2)28(24)29/h7-15,18,25,32H,6,16-17H2,1-5H3,(H,33,35)/t25-/m0/s1. The zero-order valence-corrected chi connectivity index (χ0v) is 22.1. The number of aromatic amines is 1. The predicted molar refractivity (Wildman–Crippen MR) is 147 cm³/mol. The number of H-pyrrole nitrogens is 1. The Hall–Kier alpha value is -4.13. The molecule has 2 aromatic carbocycles.